The predicted octanol–water partition coefficient (Wildman–Crippen LogP) is 6.64. The number of nitrogens with zero attached hydrogens (tertiary/aromatic N) is 2. The molecule has 0 fully saturated rings. The summed E-state index contributed by atoms with van der Waals surface area (Å²) < 4.78 is 125. The number of halogens is 6. The highest BCUT2D eigenvalue weighted by Gasteiger charge is 2.50. The number of sulfonamides is 2. The molecule has 0 atom stereocenters. The van der Waals surface area contributed by atoms with Crippen molar-refractivity contribution in [3.63, 3.8) is 0 Å². The largest absolute Gasteiger partial charge is 0.517 e. The van der Waals surface area contributed by atoms with E-state index in [1.165, 1.54) is 24.3 Å². The van der Waals surface area contributed by atoms with Crippen LogP contribution in [0.3, 0.4) is 0 Å². The van der Waals surface area contributed by atoms with Crippen LogP contribution in [0.2, 0.25) is 0 Å². The van der Waals surface area contributed by atoms with Gasteiger partial charge < -0.3 is 0 Å². The summed E-state index contributed by atoms with van der Waals surface area (Å²) >= 11 is 0. The average Bonchev–Trinajstić information content (AvgIpc) is 3.04. The monoisotopic (exact) mass is 606 g/mol. The lowest BCUT2D eigenvalue weighted by Crippen LogP contribution is -2.35. The summed E-state index contributed by atoms with van der Waals surface area (Å²) in [4.78, 5) is 0. The molecule has 2 aliphatic carbocycles. The molecule has 40 heavy (non-hydrogen) atoms. The lowest BCUT2D eigenvalue weighted by atomic mass is 9.88. The maximum atomic E-state index is 13.0. The molecular formula is C26H24F6N2O4S2. The first-order valence-electron chi connectivity index (χ1n) is 11.7. The maximum Gasteiger partial charge on any atom is 0.517 e. The van der Waals surface area contributed by atoms with Crippen molar-refractivity contribution in [2.45, 2.75) is 49.0 Å². The zero-order valence-electron chi connectivity index (χ0n) is 21.3. The Kier molecular flexibility index (Phi) is 7.19. The Labute approximate surface area is 228 Å². The van der Waals surface area contributed by atoms with E-state index in [-0.39, 0.29) is 14.0 Å². The molecule has 0 aromatic carbocycles. The molecule has 0 spiro atoms. The molecular weight excluding hydrogens is 582 g/mol. The molecule has 0 aromatic rings. The van der Waals surface area contributed by atoms with Crippen LogP contribution < -0.4 is 0 Å². The average molecular weight is 607 g/mol. The van der Waals surface area contributed by atoms with Crippen molar-refractivity contribution in [2.24, 2.45) is 0 Å². The molecule has 0 aromatic heterocycles. The van der Waals surface area contributed by atoms with Crippen LogP contribution in [0.5, 0.6) is 0 Å². The smallest absolute Gasteiger partial charge is 0.246 e. The summed E-state index contributed by atoms with van der Waals surface area (Å²) in [6.45, 7) is 6.00. The van der Waals surface area contributed by atoms with Crippen LogP contribution in [0.4, 0.5) is 26.3 Å². The number of alkyl halides is 6. The van der Waals surface area contributed by atoms with E-state index in [1.54, 1.807) is 6.07 Å². The quantitative estimate of drug-likeness (QED) is 0.366. The van der Waals surface area contributed by atoms with E-state index < -0.39 is 42.9 Å². The minimum absolute atomic E-state index is 0.0789. The van der Waals surface area contributed by atoms with Gasteiger partial charge in [0.1, 0.15) is 0 Å². The Morgan fingerprint density at radius 1 is 0.600 bits per heavy atom. The molecule has 6 nitrogen and oxygen atoms in total. The molecule has 0 saturated heterocycles. The van der Waals surface area contributed by atoms with Gasteiger partial charge in [-0.3, -0.25) is 0 Å². The second kappa shape index (κ2) is 9.68. The molecule has 0 N–H and O–H groups in total. The summed E-state index contributed by atoms with van der Waals surface area (Å²) in [6.07, 6.45) is 8.44. The van der Waals surface area contributed by atoms with Gasteiger partial charge in [0.2, 0.25) is 0 Å². The highest BCUT2D eigenvalue weighted by molar-refractivity contribution is 7.90. The number of hydrogen-bond acceptors (Lipinski definition) is 4. The minimum atomic E-state index is -5.61. The molecule has 4 aliphatic rings. The lowest BCUT2D eigenvalue weighted by molar-refractivity contribution is -0.0474. The van der Waals surface area contributed by atoms with E-state index in [4.69, 9.17) is 0 Å². The van der Waals surface area contributed by atoms with Crippen molar-refractivity contribution in [3.8, 4) is 11.1 Å². The van der Waals surface area contributed by atoms with Crippen molar-refractivity contribution in [1.82, 2.24) is 8.61 Å². The van der Waals surface area contributed by atoms with Crippen molar-refractivity contribution in [2.75, 3.05) is 0 Å². The normalized spacial score (nSPS) is 17.8. The highest BCUT2D eigenvalue weighted by atomic mass is 32.2. The SMILES string of the molecule is CC(C)(C)c1ccc2c(C3C=CN(S(=O)(=O)C(F)(F)F)C=C3)cc(C3C=CN(S(=O)(=O)C(F)(F)F)C=C3)c-2cc1. The first-order chi connectivity index (χ1) is 18.2. The summed E-state index contributed by atoms with van der Waals surface area (Å²) in [5, 5.41) is 0. The van der Waals surface area contributed by atoms with Gasteiger partial charge in [-0.15, -0.1) is 0 Å². The van der Waals surface area contributed by atoms with E-state index in [1.807, 2.05) is 45.0 Å². The van der Waals surface area contributed by atoms with Crippen LogP contribution in [0.1, 0.15) is 49.3 Å². The summed E-state index contributed by atoms with van der Waals surface area (Å²) in [7, 11) is -11.2. The number of fused-ring (bicyclic) bond motifs is 1. The van der Waals surface area contributed by atoms with Crippen LogP contribution >= 0.6 is 0 Å². The van der Waals surface area contributed by atoms with Crippen LogP contribution in [-0.2, 0) is 25.5 Å². The van der Waals surface area contributed by atoms with E-state index >= 15 is 0 Å². The topological polar surface area (TPSA) is 74.8 Å². The molecule has 0 unspecified atom stereocenters. The van der Waals surface area contributed by atoms with Gasteiger partial charge in [0, 0.05) is 36.6 Å². The van der Waals surface area contributed by atoms with Crippen molar-refractivity contribution < 1.29 is 43.2 Å². The Morgan fingerprint density at radius 2 is 0.925 bits per heavy atom. The van der Waals surface area contributed by atoms with E-state index in [9.17, 15) is 43.2 Å². The van der Waals surface area contributed by atoms with Gasteiger partial charge in [0.25, 0.3) is 0 Å². The highest BCUT2D eigenvalue weighted by Crippen LogP contribution is 2.44. The Morgan fingerprint density at radius 3 is 1.20 bits per heavy atom. The van der Waals surface area contributed by atoms with Gasteiger partial charge in [0.15, 0.2) is 0 Å². The van der Waals surface area contributed by atoms with Crippen LogP contribution in [0, 0.1) is 0 Å². The molecule has 0 bridgehead atoms. The van der Waals surface area contributed by atoms with Crippen molar-refractivity contribution >= 4 is 20.0 Å². The van der Waals surface area contributed by atoms with Gasteiger partial charge in [-0.05, 0) is 33.2 Å². The van der Waals surface area contributed by atoms with Gasteiger partial charge in [-0.25, -0.2) is 8.61 Å². The molecule has 0 saturated carbocycles. The zero-order chi connectivity index (χ0) is 29.9. The van der Waals surface area contributed by atoms with Crippen molar-refractivity contribution in [1.29, 1.82) is 0 Å². The maximum absolute atomic E-state index is 13.0. The van der Waals surface area contributed by atoms with E-state index in [0.29, 0.717) is 22.3 Å². The van der Waals surface area contributed by atoms with Crippen LogP contribution in [0.15, 0.2) is 79.4 Å². The molecule has 4 rings (SSSR count). The van der Waals surface area contributed by atoms with Crippen LogP contribution in [0.25, 0.3) is 11.1 Å². The van der Waals surface area contributed by atoms with Gasteiger partial charge >= 0.3 is 31.1 Å². The standard InChI is InChI=1S/C26H24F6N2O4S2/c1-24(2,3)19-4-6-20-21(7-5-19)23(18-10-14-34(15-11-18)40(37,38)26(30,31)32)16-22(20)17-8-12-33(13-9-17)39(35,36)25(27,28)29/h4-18H,1-3H3. The summed E-state index contributed by atoms with van der Waals surface area (Å²) in [5.41, 5.74) is -7.67. The van der Waals surface area contributed by atoms with E-state index in [2.05, 4.69) is 0 Å². The fourth-order valence-electron chi connectivity index (χ4n) is 4.37. The second-order valence-corrected chi connectivity index (χ2v) is 13.9. The second-order valence-electron chi connectivity index (χ2n) is 10.2. The van der Waals surface area contributed by atoms with E-state index in [0.717, 1.165) is 30.4 Å². The third-order valence-electron chi connectivity index (χ3n) is 6.57. The lowest BCUT2D eigenvalue weighted by Gasteiger charge is -2.23. The summed E-state index contributed by atoms with van der Waals surface area (Å²) in [5.74, 6) is -1.26. The molecule has 2 aliphatic heterocycles. The Hall–Kier alpha value is -3.26. The number of hydrogen-bond donors (Lipinski definition) is 0. The predicted molar refractivity (Wildman–Crippen MR) is 137 cm³/mol. The third-order valence-corrected chi connectivity index (χ3v) is 9.33. The summed E-state index contributed by atoms with van der Waals surface area (Å²) in [6, 6.07) is 9.15. The first kappa shape index (κ1) is 29.7. The first-order valence-corrected chi connectivity index (χ1v) is 14.6. The number of allylic oxidation sites excluding steroid dienone is 4. The van der Waals surface area contributed by atoms with Crippen LogP contribution in [-0.4, -0.2) is 36.5 Å². The van der Waals surface area contributed by atoms with Crippen molar-refractivity contribution in [3.05, 3.63) is 96.1 Å². The van der Waals surface area contributed by atoms with Gasteiger partial charge in [-0.1, -0.05) is 75.4 Å². The van der Waals surface area contributed by atoms with Gasteiger partial charge in [-0.2, -0.15) is 43.2 Å². The molecule has 0 radical (unpaired) electrons. The fourth-order valence-corrected chi connectivity index (χ4v) is 5.77. The Bertz CT molecular complexity index is 1480. The van der Waals surface area contributed by atoms with Gasteiger partial charge in [0.05, 0.1) is 0 Å². The molecule has 216 valence electrons. The minimum Gasteiger partial charge on any atom is -0.246 e. The number of rotatable bonds is 4. The fraction of sp³-hybridized carbons (Fsp3) is 0.308. The molecule has 0 amide bonds. The Balaban J connectivity index is 1.77. The molecule has 2 heterocycles. The zero-order valence-corrected chi connectivity index (χ0v) is 22.9. The molecule has 14 heteroatoms. The third kappa shape index (κ3) is 5.26.